The van der Waals surface area contributed by atoms with Gasteiger partial charge < -0.3 is 0 Å². The second-order valence-electron chi connectivity index (χ2n) is 3.10. The fourth-order valence-corrected chi connectivity index (χ4v) is 0.856. The molecule has 0 nitrogen and oxygen atoms in total. The van der Waals surface area contributed by atoms with Crippen LogP contribution in [-0.4, -0.2) is 0 Å². The van der Waals surface area contributed by atoms with Gasteiger partial charge in [0.25, 0.3) is 0 Å². The molecule has 0 aliphatic carbocycles. The lowest BCUT2D eigenvalue weighted by atomic mass is 10.0. The lowest BCUT2D eigenvalue weighted by Gasteiger charge is -2.05. The minimum atomic E-state index is 0.443. The Morgan fingerprint density at radius 1 is 1.40 bits per heavy atom. The smallest absolute Gasteiger partial charge is 0.0171 e. The fraction of sp³-hybridized carbons (Fsp3) is 0.700. The van der Waals surface area contributed by atoms with Crippen LogP contribution in [0.4, 0.5) is 0 Å². The molecule has 2 atom stereocenters. The van der Waals surface area contributed by atoms with Gasteiger partial charge in [-0.3, -0.25) is 0 Å². The summed E-state index contributed by atoms with van der Waals surface area (Å²) >= 11 is 0. The van der Waals surface area contributed by atoms with Gasteiger partial charge in [-0.1, -0.05) is 33.6 Å². The second-order valence-corrected chi connectivity index (χ2v) is 3.10. The second kappa shape index (κ2) is 5.35. The molecule has 0 N–H and O–H groups in total. The Balaban J connectivity index is 3.13. The van der Waals surface area contributed by atoms with E-state index in [-0.39, 0.29) is 0 Å². The molecule has 1 radical (unpaired) electrons. The summed E-state index contributed by atoms with van der Waals surface area (Å²) in [6, 6.07) is 0. The van der Waals surface area contributed by atoms with E-state index in [1.165, 1.54) is 12.8 Å². The summed E-state index contributed by atoms with van der Waals surface area (Å²) in [5, 5.41) is 0. The maximum Gasteiger partial charge on any atom is 0.0171 e. The highest BCUT2D eigenvalue weighted by molar-refractivity contribution is 4.89. The van der Waals surface area contributed by atoms with E-state index in [9.17, 15) is 0 Å². The molecule has 0 aromatic rings. The average Bonchev–Trinajstić information content (AvgIpc) is 1.87. The van der Waals surface area contributed by atoms with E-state index in [0.717, 1.165) is 6.42 Å². The Labute approximate surface area is 65.0 Å². The normalized spacial score (nSPS) is 13.1. The Morgan fingerprint density at radius 2 is 2.00 bits per heavy atom. The number of hydrogen-bond donors (Lipinski definition) is 0. The van der Waals surface area contributed by atoms with Crippen molar-refractivity contribution in [1.82, 2.24) is 0 Å². The first-order valence-corrected chi connectivity index (χ1v) is 3.96. The van der Waals surface area contributed by atoms with E-state index >= 15 is 0 Å². The van der Waals surface area contributed by atoms with E-state index in [2.05, 4.69) is 26.7 Å². The molecule has 0 rings (SSSR count). The Bertz CT molecular complexity index is 106. The summed E-state index contributed by atoms with van der Waals surface area (Å²) in [5.74, 6) is 3.74. The number of terminal acetylenes is 1. The van der Waals surface area contributed by atoms with Crippen LogP contribution in [0.2, 0.25) is 0 Å². The van der Waals surface area contributed by atoms with E-state index in [1.807, 2.05) is 0 Å². The van der Waals surface area contributed by atoms with Crippen molar-refractivity contribution in [2.24, 2.45) is 11.8 Å². The van der Waals surface area contributed by atoms with Crippen LogP contribution in [0.25, 0.3) is 0 Å². The first-order chi connectivity index (χ1) is 4.66. The Kier molecular flexibility index (Phi) is 5.12. The van der Waals surface area contributed by atoms with Crippen LogP contribution in [0.3, 0.4) is 0 Å². The van der Waals surface area contributed by atoms with Crippen molar-refractivity contribution >= 4 is 0 Å². The van der Waals surface area contributed by atoms with Crippen molar-refractivity contribution in [3.05, 3.63) is 6.92 Å². The van der Waals surface area contributed by atoms with Crippen molar-refractivity contribution in [2.45, 2.75) is 33.1 Å². The Hall–Kier alpha value is -0.440. The summed E-state index contributed by atoms with van der Waals surface area (Å²) in [5.41, 5.74) is 0. The molecule has 0 aliphatic rings. The largest absolute Gasteiger partial charge is 0.120 e. The van der Waals surface area contributed by atoms with Crippen LogP contribution in [0, 0.1) is 31.1 Å². The molecule has 0 fully saturated rings. The first-order valence-electron chi connectivity index (χ1n) is 3.96. The molecular formula is C10H17. The van der Waals surface area contributed by atoms with Crippen molar-refractivity contribution in [1.29, 1.82) is 0 Å². The molecule has 0 amide bonds. The standard InChI is InChI=1S/C10H17/c1-5-10(4)8-6-7-9(2)3/h1,9-10H,2,6-8H2,3-4H3. The average molecular weight is 137 g/mol. The van der Waals surface area contributed by atoms with Crippen LogP contribution in [0.15, 0.2) is 0 Å². The molecule has 0 saturated heterocycles. The summed E-state index contributed by atoms with van der Waals surface area (Å²) in [6.07, 6.45) is 8.79. The van der Waals surface area contributed by atoms with Crippen LogP contribution in [0.5, 0.6) is 0 Å². The van der Waals surface area contributed by atoms with Gasteiger partial charge in [0.1, 0.15) is 0 Å². The molecule has 0 aromatic heterocycles. The maximum absolute atomic E-state index is 5.22. The third kappa shape index (κ3) is 5.69. The lowest BCUT2D eigenvalue weighted by molar-refractivity contribution is 0.536. The van der Waals surface area contributed by atoms with E-state index in [1.54, 1.807) is 0 Å². The topological polar surface area (TPSA) is 0 Å². The highest BCUT2D eigenvalue weighted by Crippen LogP contribution is 2.10. The van der Waals surface area contributed by atoms with Gasteiger partial charge in [-0.15, -0.1) is 12.3 Å². The quantitative estimate of drug-likeness (QED) is 0.523. The van der Waals surface area contributed by atoms with Crippen LogP contribution in [-0.2, 0) is 0 Å². The van der Waals surface area contributed by atoms with Gasteiger partial charge in [-0.25, -0.2) is 0 Å². The molecule has 0 heteroatoms. The molecule has 57 valence electrons. The summed E-state index contributed by atoms with van der Waals surface area (Å²) in [4.78, 5) is 0. The van der Waals surface area contributed by atoms with Gasteiger partial charge in [0.05, 0.1) is 0 Å². The zero-order valence-corrected chi connectivity index (χ0v) is 7.06. The molecule has 0 aromatic carbocycles. The molecule has 0 bridgehead atoms. The monoisotopic (exact) mass is 137 g/mol. The summed E-state index contributed by atoms with van der Waals surface area (Å²) in [6.45, 7) is 8.14. The van der Waals surface area contributed by atoms with Crippen LogP contribution < -0.4 is 0 Å². The van der Waals surface area contributed by atoms with E-state index in [0.29, 0.717) is 11.8 Å². The van der Waals surface area contributed by atoms with Gasteiger partial charge in [-0.05, 0) is 12.3 Å². The van der Waals surface area contributed by atoms with Crippen LogP contribution >= 0.6 is 0 Å². The molecule has 0 spiro atoms. The van der Waals surface area contributed by atoms with Crippen molar-refractivity contribution in [3.63, 3.8) is 0 Å². The van der Waals surface area contributed by atoms with Crippen LogP contribution in [0.1, 0.15) is 33.1 Å². The lowest BCUT2D eigenvalue weighted by Crippen LogP contribution is -1.92. The van der Waals surface area contributed by atoms with E-state index < -0.39 is 0 Å². The predicted molar refractivity (Wildman–Crippen MR) is 46.4 cm³/mol. The van der Waals surface area contributed by atoms with Gasteiger partial charge >= 0.3 is 0 Å². The molecule has 0 saturated carbocycles. The van der Waals surface area contributed by atoms with E-state index in [4.69, 9.17) is 6.42 Å². The van der Waals surface area contributed by atoms with Gasteiger partial charge in [0.15, 0.2) is 0 Å². The fourth-order valence-electron chi connectivity index (χ4n) is 0.856. The van der Waals surface area contributed by atoms with Crippen molar-refractivity contribution < 1.29 is 0 Å². The highest BCUT2D eigenvalue weighted by atomic mass is 14.0. The number of rotatable bonds is 4. The molecule has 0 aliphatic heterocycles. The molecule has 2 unspecified atom stereocenters. The highest BCUT2D eigenvalue weighted by Gasteiger charge is 1.97. The SMILES string of the molecule is C#CC(C)CCCC([CH2])C. The minimum Gasteiger partial charge on any atom is -0.120 e. The zero-order chi connectivity index (χ0) is 7.98. The molecule has 10 heavy (non-hydrogen) atoms. The maximum atomic E-state index is 5.22. The third-order valence-corrected chi connectivity index (χ3v) is 1.62. The molecular weight excluding hydrogens is 120 g/mol. The zero-order valence-electron chi connectivity index (χ0n) is 7.06. The summed E-state index contributed by atoms with van der Waals surface area (Å²) < 4.78 is 0. The van der Waals surface area contributed by atoms with Crippen molar-refractivity contribution in [3.8, 4) is 12.3 Å². The first kappa shape index (κ1) is 9.56. The molecule has 0 heterocycles. The number of hydrogen-bond acceptors (Lipinski definition) is 0. The minimum absolute atomic E-state index is 0.443. The summed E-state index contributed by atoms with van der Waals surface area (Å²) in [7, 11) is 0. The van der Waals surface area contributed by atoms with Gasteiger partial charge in [0, 0.05) is 5.92 Å². The third-order valence-electron chi connectivity index (χ3n) is 1.62. The predicted octanol–water partition coefficient (Wildman–Crippen LogP) is 2.90. The Morgan fingerprint density at radius 3 is 2.40 bits per heavy atom. The van der Waals surface area contributed by atoms with Gasteiger partial charge in [0.2, 0.25) is 0 Å². The van der Waals surface area contributed by atoms with Gasteiger partial charge in [-0.2, -0.15) is 0 Å². The van der Waals surface area contributed by atoms with Crippen molar-refractivity contribution in [2.75, 3.05) is 0 Å².